The van der Waals surface area contributed by atoms with Crippen molar-refractivity contribution in [2.24, 2.45) is 0 Å². The second-order valence-electron chi connectivity index (χ2n) is 7.32. The quantitative estimate of drug-likeness (QED) is 0.806. The number of aromatic nitrogens is 3. The van der Waals surface area contributed by atoms with Crippen molar-refractivity contribution in [2.75, 3.05) is 25.0 Å². The van der Waals surface area contributed by atoms with Crippen LogP contribution in [0.25, 0.3) is 0 Å². The molecule has 2 aliphatic rings. The van der Waals surface area contributed by atoms with Crippen LogP contribution in [0.1, 0.15) is 46.5 Å². The number of carbonyl (C=O) groups excluding carboxylic acids is 2. The van der Waals surface area contributed by atoms with Crippen LogP contribution in [0, 0.1) is 6.92 Å². The summed E-state index contributed by atoms with van der Waals surface area (Å²) >= 11 is 1.36. The lowest BCUT2D eigenvalue weighted by molar-refractivity contribution is -0.117. The van der Waals surface area contributed by atoms with Gasteiger partial charge in [0.2, 0.25) is 5.91 Å². The molecule has 26 heavy (non-hydrogen) atoms. The topological polar surface area (TPSA) is 79.3 Å². The van der Waals surface area contributed by atoms with E-state index >= 15 is 0 Å². The monoisotopic (exact) mass is 371 g/mol. The number of likely N-dealkylation sites (N-methyl/N-ethyl adjacent to an activating group) is 1. The van der Waals surface area contributed by atoms with Crippen LogP contribution in [0.2, 0.25) is 0 Å². The molecule has 2 aliphatic heterocycles. The van der Waals surface area contributed by atoms with Crippen molar-refractivity contribution in [1.82, 2.24) is 19.9 Å². The number of thiazole rings is 1. The van der Waals surface area contributed by atoms with Gasteiger partial charge in [-0.25, -0.2) is 9.97 Å². The molecule has 2 aromatic rings. The minimum Gasteiger partial charge on any atom is -0.337 e. The summed E-state index contributed by atoms with van der Waals surface area (Å²) in [6.07, 6.45) is 3.80. The van der Waals surface area contributed by atoms with E-state index < -0.39 is 0 Å². The average molecular weight is 371 g/mol. The van der Waals surface area contributed by atoms with Crippen LogP contribution in [0.15, 0.2) is 11.7 Å². The Bertz CT molecular complexity index is 882. The molecular formula is C18H21N5O2S. The van der Waals surface area contributed by atoms with Gasteiger partial charge < -0.3 is 4.90 Å². The molecule has 0 aromatic carbocycles. The first-order valence-corrected chi connectivity index (χ1v) is 9.59. The van der Waals surface area contributed by atoms with Crippen molar-refractivity contribution >= 4 is 29.0 Å². The minimum atomic E-state index is -0.329. The molecular weight excluding hydrogens is 350 g/mol. The normalized spacial score (nSPS) is 22.7. The standard InChI is InChI=1S/C18H21N5O2S/c1-11-12-7-14(24)22(3)15(12)21-17(20-11)18(2)5-4-6-23(9-18)16(25)13-8-19-10-26-13/h8,10H,4-7,9H2,1-3H3. The summed E-state index contributed by atoms with van der Waals surface area (Å²) in [5.74, 6) is 1.50. The summed E-state index contributed by atoms with van der Waals surface area (Å²) in [4.78, 5) is 42.4. The molecule has 1 atom stereocenters. The van der Waals surface area contributed by atoms with E-state index in [1.807, 2.05) is 11.8 Å². The van der Waals surface area contributed by atoms with Crippen LogP contribution in [0.4, 0.5) is 5.82 Å². The van der Waals surface area contributed by atoms with E-state index in [0.29, 0.717) is 23.7 Å². The van der Waals surface area contributed by atoms with Crippen molar-refractivity contribution in [3.05, 3.63) is 33.7 Å². The third-order valence-electron chi connectivity index (χ3n) is 5.38. The van der Waals surface area contributed by atoms with Gasteiger partial charge in [0.05, 0.1) is 18.1 Å². The zero-order chi connectivity index (χ0) is 18.5. The molecule has 7 nitrogen and oxygen atoms in total. The maximum atomic E-state index is 12.7. The summed E-state index contributed by atoms with van der Waals surface area (Å²) < 4.78 is 0. The van der Waals surface area contributed by atoms with Crippen molar-refractivity contribution < 1.29 is 9.59 Å². The van der Waals surface area contributed by atoms with Gasteiger partial charge in [0.15, 0.2) is 0 Å². The van der Waals surface area contributed by atoms with Gasteiger partial charge in [-0.3, -0.25) is 19.5 Å². The van der Waals surface area contributed by atoms with Crippen LogP contribution in [-0.4, -0.2) is 51.8 Å². The summed E-state index contributed by atoms with van der Waals surface area (Å²) in [6, 6.07) is 0. The van der Waals surface area contributed by atoms with Crippen molar-refractivity contribution in [3.63, 3.8) is 0 Å². The van der Waals surface area contributed by atoms with Crippen molar-refractivity contribution in [3.8, 4) is 0 Å². The fourth-order valence-corrected chi connectivity index (χ4v) is 4.38. The molecule has 0 radical (unpaired) electrons. The van der Waals surface area contributed by atoms with Crippen LogP contribution in [0.5, 0.6) is 0 Å². The minimum absolute atomic E-state index is 0.0172. The highest BCUT2D eigenvalue weighted by atomic mass is 32.1. The highest BCUT2D eigenvalue weighted by molar-refractivity contribution is 7.11. The van der Waals surface area contributed by atoms with Gasteiger partial charge in [0.25, 0.3) is 5.91 Å². The molecule has 1 fully saturated rings. The maximum Gasteiger partial charge on any atom is 0.265 e. The first-order valence-electron chi connectivity index (χ1n) is 8.71. The summed E-state index contributed by atoms with van der Waals surface area (Å²) in [5, 5.41) is 0. The Morgan fingerprint density at radius 2 is 2.15 bits per heavy atom. The van der Waals surface area contributed by atoms with E-state index in [1.54, 1.807) is 23.7 Å². The summed E-state index contributed by atoms with van der Waals surface area (Å²) in [5.41, 5.74) is 3.12. The Balaban J connectivity index is 1.66. The second kappa shape index (κ2) is 6.12. The second-order valence-corrected chi connectivity index (χ2v) is 8.21. The Kier molecular flexibility index (Phi) is 4.02. The highest BCUT2D eigenvalue weighted by Crippen LogP contribution is 2.36. The molecule has 1 unspecified atom stereocenters. The lowest BCUT2D eigenvalue weighted by Crippen LogP contribution is -2.47. The van der Waals surface area contributed by atoms with Gasteiger partial charge in [-0.05, 0) is 19.8 Å². The Labute approximate surface area is 156 Å². The Morgan fingerprint density at radius 1 is 1.35 bits per heavy atom. The fourth-order valence-electron chi connectivity index (χ4n) is 3.80. The number of amides is 2. The number of anilines is 1. The number of nitrogens with zero attached hydrogens (tertiary/aromatic N) is 5. The smallest absolute Gasteiger partial charge is 0.265 e. The van der Waals surface area contributed by atoms with Gasteiger partial charge in [-0.2, -0.15) is 0 Å². The SMILES string of the molecule is Cc1nc(C2(C)CCCN(C(=O)c3cncs3)C2)nc2c1CC(=O)N2C. The number of fused-ring (bicyclic) bond motifs is 1. The first-order chi connectivity index (χ1) is 12.4. The molecule has 1 saturated heterocycles. The Morgan fingerprint density at radius 3 is 2.88 bits per heavy atom. The molecule has 0 saturated carbocycles. The van der Waals surface area contributed by atoms with Crippen LogP contribution >= 0.6 is 11.3 Å². The number of likely N-dealkylation sites (tertiary alicyclic amines) is 1. The predicted molar refractivity (Wildman–Crippen MR) is 98.5 cm³/mol. The zero-order valence-electron chi connectivity index (χ0n) is 15.2. The first kappa shape index (κ1) is 17.1. The third kappa shape index (κ3) is 2.68. The van der Waals surface area contributed by atoms with E-state index in [1.165, 1.54) is 11.3 Å². The van der Waals surface area contributed by atoms with Crippen LogP contribution in [0.3, 0.4) is 0 Å². The van der Waals surface area contributed by atoms with E-state index in [9.17, 15) is 9.59 Å². The Hall–Kier alpha value is -2.35. The zero-order valence-corrected chi connectivity index (χ0v) is 16.0. The van der Waals surface area contributed by atoms with Gasteiger partial charge in [0.1, 0.15) is 16.5 Å². The number of hydrogen-bond donors (Lipinski definition) is 0. The van der Waals surface area contributed by atoms with Crippen LogP contribution in [-0.2, 0) is 16.6 Å². The van der Waals surface area contributed by atoms with Crippen molar-refractivity contribution in [2.45, 2.75) is 38.5 Å². The van der Waals surface area contributed by atoms with Crippen molar-refractivity contribution in [1.29, 1.82) is 0 Å². The van der Waals surface area contributed by atoms with E-state index in [-0.39, 0.29) is 17.2 Å². The molecule has 8 heteroatoms. The summed E-state index contributed by atoms with van der Waals surface area (Å²) in [6.45, 7) is 5.34. The van der Waals surface area contributed by atoms with Gasteiger partial charge in [-0.15, -0.1) is 11.3 Å². The number of aryl methyl sites for hydroxylation is 1. The molecule has 2 aromatic heterocycles. The van der Waals surface area contributed by atoms with Gasteiger partial charge in [-0.1, -0.05) is 6.92 Å². The van der Waals surface area contributed by atoms with Gasteiger partial charge >= 0.3 is 0 Å². The summed E-state index contributed by atoms with van der Waals surface area (Å²) in [7, 11) is 1.76. The number of rotatable bonds is 2. The molecule has 4 heterocycles. The molecule has 0 aliphatic carbocycles. The molecule has 136 valence electrons. The third-order valence-corrected chi connectivity index (χ3v) is 6.14. The number of piperidine rings is 1. The fraction of sp³-hybridized carbons (Fsp3) is 0.500. The highest BCUT2D eigenvalue weighted by Gasteiger charge is 2.39. The van der Waals surface area contributed by atoms with Crippen LogP contribution < -0.4 is 4.90 Å². The van der Waals surface area contributed by atoms with E-state index in [0.717, 1.165) is 36.5 Å². The molecule has 4 rings (SSSR count). The number of carbonyl (C=O) groups is 2. The predicted octanol–water partition coefficient (Wildman–Crippen LogP) is 1.95. The molecule has 0 bridgehead atoms. The van der Waals surface area contributed by atoms with E-state index in [4.69, 9.17) is 9.97 Å². The van der Waals surface area contributed by atoms with E-state index in [2.05, 4.69) is 11.9 Å². The lowest BCUT2D eigenvalue weighted by Gasteiger charge is -2.39. The van der Waals surface area contributed by atoms with Gasteiger partial charge in [0, 0.05) is 36.8 Å². The largest absolute Gasteiger partial charge is 0.337 e. The number of hydrogen-bond acceptors (Lipinski definition) is 6. The lowest BCUT2D eigenvalue weighted by atomic mass is 9.80. The molecule has 2 amide bonds. The molecule has 0 spiro atoms. The average Bonchev–Trinajstić information content (AvgIpc) is 3.25. The molecule has 0 N–H and O–H groups in total. The maximum absolute atomic E-state index is 12.7.